The van der Waals surface area contributed by atoms with Gasteiger partial charge in [-0.05, 0) is 37.8 Å². The molecule has 1 aromatic heterocycles. The number of carbonyl (C=O) groups excluding carboxylic acids is 1. The van der Waals surface area contributed by atoms with Crippen LogP contribution in [0.15, 0.2) is 24.3 Å². The lowest BCUT2D eigenvalue weighted by molar-refractivity contribution is -0.132. The van der Waals surface area contributed by atoms with E-state index in [-0.39, 0.29) is 18.0 Å². The highest BCUT2D eigenvalue weighted by molar-refractivity contribution is 5.82. The fourth-order valence-corrected chi connectivity index (χ4v) is 3.38. The van der Waals surface area contributed by atoms with Crippen molar-refractivity contribution in [2.45, 2.75) is 52.2 Å². The van der Waals surface area contributed by atoms with Gasteiger partial charge in [0.1, 0.15) is 11.9 Å². The van der Waals surface area contributed by atoms with E-state index in [4.69, 9.17) is 0 Å². The van der Waals surface area contributed by atoms with Gasteiger partial charge in [0.15, 0.2) is 0 Å². The first-order chi connectivity index (χ1) is 12.0. The number of nitrogens with one attached hydrogen (secondary N) is 2. The van der Waals surface area contributed by atoms with Crippen molar-refractivity contribution < 1.29 is 4.79 Å². The van der Waals surface area contributed by atoms with Crippen LogP contribution >= 0.6 is 0 Å². The molecule has 1 aromatic carbocycles. The van der Waals surface area contributed by atoms with Crippen molar-refractivity contribution in [1.82, 2.24) is 25.3 Å². The Morgan fingerprint density at radius 3 is 2.88 bits per heavy atom. The lowest BCUT2D eigenvalue weighted by Gasteiger charge is -2.21. The van der Waals surface area contributed by atoms with Crippen LogP contribution in [0.4, 0.5) is 0 Å². The molecule has 1 aliphatic rings. The van der Waals surface area contributed by atoms with Crippen molar-refractivity contribution in [1.29, 1.82) is 0 Å². The molecule has 0 bridgehead atoms. The predicted molar refractivity (Wildman–Crippen MR) is 100 cm³/mol. The minimum Gasteiger partial charge on any atom is -0.344 e. The van der Waals surface area contributed by atoms with E-state index >= 15 is 0 Å². The molecule has 1 aliphatic heterocycles. The summed E-state index contributed by atoms with van der Waals surface area (Å²) < 4.78 is 2.23. The zero-order chi connectivity index (χ0) is 18.0. The molecular formula is C19H29N5O. The van der Waals surface area contributed by atoms with Crippen molar-refractivity contribution in [2.24, 2.45) is 5.92 Å². The molecule has 3 rings (SSSR count). The molecule has 6 nitrogen and oxygen atoms in total. The number of benzene rings is 1. The molecule has 0 saturated carbocycles. The van der Waals surface area contributed by atoms with Gasteiger partial charge in [-0.2, -0.15) is 0 Å². The molecule has 25 heavy (non-hydrogen) atoms. The van der Waals surface area contributed by atoms with Gasteiger partial charge >= 0.3 is 0 Å². The fraction of sp³-hybridized carbons (Fsp3) is 0.579. The number of hydrogen-bond acceptors (Lipinski definition) is 4. The maximum atomic E-state index is 12.6. The van der Waals surface area contributed by atoms with Crippen LogP contribution in [0.1, 0.15) is 32.5 Å². The zero-order valence-corrected chi connectivity index (χ0v) is 15.6. The Morgan fingerprint density at radius 1 is 1.36 bits per heavy atom. The monoisotopic (exact) mass is 343 g/mol. The summed E-state index contributed by atoms with van der Waals surface area (Å²) in [6, 6.07) is 8.24. The van der Waals surface area contributed by atoms with E-state index in [1.807, 2.05) is 37.1 Å². The summed E-state index contributed by atoms with van der Waals surface area (Å²) >= 11 is 0. The Bertz CT molecular complexity index is 738. The maximum Gasteiger partial charge on any atom is 0.240 e. The molecule has 1 fully saturated rings. The summed E-state index contributed by atoms with van der Waals surface area (Å²) in [7, 11) is 1.90. The molecule has 2 N–H and O–H groups in total. The number of likely N-dealkylation sites (N-methyl/N-ethyl adjacent to an activating group) is 1. The van der Waals surface area contributed by atoms with Crippen LogP contribution in [0.25, 0.3) is 11.0 Å². The lowest BCUT2D eigenvalue weighted by atomic mass is 10.1. The molecule has 0 spiro atoms. The smallest absolute Gasteiger partial charge is 0.240 e. The normalized spacial score (nSPS) is 20.5. The highest BCUT2D eigenvalue weighted by Crippen LogP contribution is 2.18. The van der Waals surface area contributed by atoms with Gasteiger partial charge in [0, 0.05) is 26.2 Å². The minimum absolute atomic E-state index is 0.155. The van der Waals surface area contributed by atoms with E-state index in [1.165, 1.54) is 0 Å². The number of hydrogen-bond donors (Lipinski definition) is 2. The summed E-state index contributed by atoms with van der Waals surface area (Å²) in [5, 5.41) is 0. The molecule has 1 amide bonds. The second-order valence-electron chi connectivity index (χ2n) is 7.47. The fourth-order valence-electron chi connectivity index (χ4n) is 3.38. The average molecular weight is 343 g/mol. The first kappa shape index (κ1) is 17.9. The van der Waals surface area contributed by atoms with Crippen LogP contribution in [0.5, 0.6) is 0 Å². The van der Waals surface area contributed by atoms with Crippen LogP contribution < -0.4 is 10.9 Å². The third kappa shape index (κ3) is 4.02. The van der Waals surface area contributed by atoms with Gasteiger partial charge in [0.25, 0.3) is 0 Å². The Balaban J connectivity index is 1.61. The molecule has 2 atom stereocenters. The van der Waals surface area contributed by atoms with Crippen molar-refractivity contribution in [3.8, 4) is 0 Å². The third-order valence-corrected chi connectivity index (χ3v) is 4.95. The van der Waals surface area contributed by atoms with Gasteiger partial charge in [-0.3, -0.25) is 10.2 Å². The molecule has 2 heterocycles. The highest BCUT2D eigenvalue weighted by atomic mass is 16.2. The first-order valence-electron chi connectivity index (χ1n) is 9.13. The number of hydrazine groups is 1. The second-order valence-corrected chi connectivity index (χ2v) is 7.47. The van der Waals surface area contributed by atoms with Gasteiger partial charge in [-0.25, -0.2) is 10.4 Å². The molecule has 0 radical (unpaired) electrons. The van der Waals surface area contributed by atoms with E-state index in [2.05, 4.69) is 40.3 Å². The number of imidazole rings is 1. The van der Waals surface area contributed by atoms with Crippen LogP contribution in [0.3, 0.4) is 0 Å². The molecule has 6 heteroatoms. The van der Waals surface area contributed by atoms with Gasteiger partial charge in [-0.1, -0.05) is 26.0 Å². The van der Waals surface area contributed by atoms with E-state index < -0.39 is 0 Å². The molecular weight excluding hydrogens is 314 g/mol. The largest absolute Gasteiger partial charge is 0.344 e. The van der Waals surface area contributed by atoms with Gasteiger partial charge in [0.2, 0.25) is 5.91 Å². The summed E-state index contributed by atoms with van der Waals surface area (Å²) in [5.41, 5.74) is 8.64. The van der Waals surface area contributed by atoms with Gasteiger partial charge < -0.3 is 9.47 Å². The highest BCUT2D eigenvalue weighted by Gasteiger charge is 2.31. The van der Waals surface area contributed by atoms with E-state index in [0.717, 1.165) is 42.8 Å². The number of rotatable bonds is 6. The summed E-state index contributed by atoms with van der Waals surface area (Å²) in [6.07, 6.45) is 1.82. The first-order valence-corrected chi connectivity index (χ1v) is 9.13. The number of para-hydroxylation sites is 2. The lowest BCUT2D eigenvalue weighted by Crippen LogP contribution is -2.44. The van der Waals surface area contributed by atoms with Crippen molar-refractivity contribution in [3.05, 3.63) is 30.1 Å². The number of amides is 1. The van der Waals surface area contributed by atoms with Crippen LogP contribution in [-0.2, 0) is 11.3 Å². The number of aromatic nitrogens is 2. The summed E-state index contributed by atoms with van der Waals surface area (Å²) in [5.74, 6) is 1.78. The van der Waals surface area contributed by atoms with Crippen molar-refractivity contribution in [2.75, 3.05) is 13.6 Å². The average Bonchev–Trinajstić information content (AvgIpc) is 3.17. The standard InChI is InChI=1S/C19H29N5O/c1-13(2)9-10-23(4)19(25)17-11-15(21-22-17)12-24-14(3)20-16-7-5-6-8-18(16)24/h5-8,13,15,17,21-22H,9-12H2,1-4H3. The molecule has 0 aliphatic carbocycles. The topological polar surface area (TPSA) is 62.2 Å². The van der Waals surface area contributed by atoms with Gasteiger partial charge in [-0.15, -0.1) is 0 Å². The molecule has 2 unspecified atom stereocenters. The number of fused-ring (bicyclic) bond motifs is 1. The van der Waals surface area contributed by atoms with E-state index in [0.29, 0.717) is 5.92 Å². The van der Waals surface area contributed by atoms with E-state index in [9.17, 15) is 4.79 Å². The van der Waals surface area contributed by atoms with Gasteiger partial charge in [0.05, 0.1) is 11.0 Å². The Kier molecular flexibility index (Phi) is 5.39. The molecule has 136 valence electrons. The Hall–Kier alpha value is -1.92. The van der Waals surface area contributed by atoms with Crippen LogP contribution in [-0.4, -0.2) is 46.0 Å². The number of aryl methyl sites for hydroxylation is 1. The van der Waals surface area contributed by atoms with Crippen LogP contribution in [0, 0.1) is 12.8 Å². The van der Waals surface area contributed by atoms with Crippen molar-refractivity contribution in [3.63, 3.8) is 0 Å². The summed E-state index contributed by atoms with van der Waals surface area (Å²) in [6.45, 7) is 8.01. The number of nitrogens with zero attached hydrogens (tertiary/aromatic N) is 3. The third-order valence-electron chi connectivity index (χ3n) is 4.95. The predicted octanol–water partition coefficient (Wildman–Crippen LogP) is 2.08. The number of carbonyl (C=O) groups is 1. The Morgan fingerprint density at radius 2 is 2.12 bits per heavy atom. The minimum atomic E-state index is -0.155. The molecule has 2 aromatic rings. The Labute approximate surface area is 149 Å². The van der Waals surface area contributed by atoms with Crippen molar-refractivity contribution >= 4 is 16.9 Å². The van der Waals surface area contributed by atoms with Crippen LogP contribution in [0.2, 0.25) is 0 Å². The van der Waals surface area contributed by atoms with E-state index in [1.54, 1.807) is 0 Å². The quantitative estimate of drug-likeness (QED) is 0.843. The maximum absolute atomic E-state index is 12.6. The SMILES string of the molecule is Cc1nc2ccccc2n1CC1CC(C(=O)N(C)CCC(C)C)NN1. The summed E-state index contributed by atoms with van der Waals surface area (Å²) in [4.78, 5) is 19.1. The zero-order valence-electron chi connectivity index (χ0n) is 15.6. The molecule has 1 saturated heterocycles. The second kappa shape index (κ2) is 7.54.